The first-order valence-electron chi connectivity index (χ1n) is 8.00. The van der Waals surface area contributed by atoms with E-state index >= 15 is 0 Å². The maximum absolute atomic E-state index is 5.88. The number of benzene rings is 1. The van der Waals surface area contributed by atoms with Crippen molar-refractivity contribution in [2.75, 3.05) is 20.3 Å². The van der Waals surface area contributed by atoms with Crippen molar-refractivity contribution in [3.05, 3.63) is 23.8 Å². The molecule has 0 heterocycles. The summed E-state index contributed by atoms with van der Waals surface area (Å²) in [4.78, 5) is 0. The predicted octanol–water partition coefficient (Wildman–Crippen LogP) is 4.57. The van der Waals surface area contributed by atoms with E-state index in [9.17, 15) is 0 Å². The first kappa shape index (κ1) is 17.8. The van der Waals surface area contributed by atoms with E-state index in [4.69, 9.17) is 9.47 Å². The van der Waals surface area contributed by atoms with Crippen LogP contribution in [0.5, 0.6) is 11.5 Å². The van der Waals surface area contributed by atoms with Crippen LogP contribution in [0, 0.1) is 5.41 Å². The smallest absolute Gasteiger partial charge is 0.161 e. The molecule has 120 valence electrons. The van der Waals surface area contributed by atoms with Crippen molar-refractivity contribution in [3.8, 4) is 11.5 Å². The second-order valence-corrected chi connectivity index (χ2v) is 6.49. The van der Waals surface area contributed by atoms with Crippen LogP contribution in [0.3, 0.4) is 0 Å². The Hall–Kier alpha value is -1.22. The van der Waals surface area contributed by atoms with Gasteiger partial charge in [0, 0.05) is 6.04 Å². The van der Waals surface area contributed by atoms with Crippen molar-refractivity contribution in [2.45, 2.75) is 53.5 Å². The fourth-order valence-electron chi connectivity index (χ4n) is 2.46. The van der Waals surface area contributed by atoms with E-state index < -0.39 is 0 Å². The molecule has 1 unspecified atom stereocenters. The zero-order valence-corrected chi connectivity index (χ0v) is 14.5. The van der Waals surface area contributed by atoms with Gasteiger partial charge in [-0.05, 0) is 43.0 Å². The number of rotatable bonds is 8. The van der Waals surface area contributed by atoms with Gasteiger partial charge in [-0.2, -0.15) is 0 Å². The average Bonchev–Trinajstić information content (AvgIpc) is 2.43. The second kappa shape index (κ2) is 8.28. The minimum atomic E-state index is 0.141. The van der Waals surface area contributed by atoms with Gasteiger partial charge < -0.3 is 14.8 Å². The van der Waals surface area contributed by atoms with Crippen molar-refractivity contribution in [2.24, 2.45) is 5.41 Å². The van der Waals surface area contributed by atoms with Crippen LogP contribution in [-0.4, -0.2) is 20.3 Å². The highest BCUT2D eigenvalue weighted by Crippen LogP contribution is 2.37. The minimum Gasteiger partial charge on any atom is -0.490 e. The van der Waals surface area contributed by atoms with Gasteiger partial charge in [-0.3, -0.25) is 0 Å². The molecule has 0 aliphatic carbocycles. The monoisotopic (exact) mass is 293 g/mol. The zero-order valence-electron chi connectivity index (χ0n) is 14.5. The van der Waals surface area contributed by atoms with Gasteiger partial charge in [-0.25, -0.2) is 0 Å². The van der Waals surface area contributed by atoms with Gasteiger partial charge in [0.25, 0.3) is 0 Å². The van der Waals surface area contributed by atoms with Crippen LogP contribution in [0.2, 0.25) is 0 Å². The van der Waals surface area contributed by atoms with Gasteiger partial charge in [0.1, 0.15) is 0 Å². The van der Waals surface area contributed by atoms with E-state index in [0.717, 1.165) is 30.9 Å². The molecule has 0 saturated carbocycles. The summed E-state index contributed by atoms with van der Waals surface area (Å²) < 4.78 is 11.7. The average molecular weight is 293 g/mol. The Morgan fingerprint density at radius 3 is 2.05 bits per heavy atom. The van der Waals surface area contributed by atoms with Crippen molar-refractivity contribution >= 4 is 0 Å². The normalized spacial score (nSPS) is 13.0. The molecular weight excluding hydrogens is 262 g/mol. The van der Waals surface area contributed by atoms with Crippen LogP contribution in [0.4, 0.5) is 0 Å². The molecule has 21 heavy (non-hydrogen) atoms. The Balaban J connectivity index is 3.06. The molecule has 3 heteroatoms. The summed E-state index contributed by atoms with van der Waals surface area (Å²) in [5, 5.41) is 3.41. The Bertz CT molecular complexity index is 424. The Labute approximate surface area is 130 Å². The number of ether oxygens (including phenoxy) is 2. The van der Waals surface area contributed by atoms with E-state index in [1.807, 2.05) is 13.1 Å². The number of hydrogen-bond donors (Lipinski definition) is 1. The lowest BCUT2D eigenvalue weighted by atomic mass is 9.82. The van der Waals surface area contributed by atoms with E-state index in [2.05, 4.69) is 52.1 Å². The molecule has 1 atom stereocenters. The lowest BCUT2D eigenvalue weighted by molar-refractivity contribution is 0.263. The van der Waals surface area contributed by atoms with Gasteiger partial charge in [0.05, 0.1) is 13.2 Å². The highest BCUT2D eigenvalue weighted by Gasteiger charge is 2.25. The molecule has 0 bridgehead atoms. The van der Waals surface area contributed by atoms with Gasteiger partial charge in [0.2, 0.25) is 0 Å². The summed E-state index contributed by atoms with van der Waals surface area (Å²) in [5.41, 5.74) is 1.38. The molecule has 0 spiro atoms. The summed E-state index contributed by atoms with van der Waals surface area (Å²) in [6, 6.07) is 6.57. The molecule has 1 N–H and O–H groups in total. The van der Waals surface area contributed by atoms with Gasteiger partial charge in [-0.15, -0.1) is 0 Å². The summed E-state index contributed by atoms with van der Waals surface area (Å²) >= 11 is 0. The van der Waals surface area contributed by atoms with Crippen LogP contribution in [0.15, 0.2) is 18.2 Å². The quantitative estimate of drug-likeness (QED) is 0.761. The standard InChI is InChI=1S/C18H31NO2/c1-7-11-20-15-10-9-14(13-16(15)21-12-8-2)17(19-6)18(3,4)5/h9-10,13,17,19H,7-8,11-12H2,1-6H3. The van der Waals surface area contributed by atoms with Crippen molar-refractivity contribution < 1.29 is 9.47 Å². The number of hydrogen-bond acceptors (Lipinski definition) is 3. The molecule has 0 saturated heterocycles. The minimum absolute atomic E-state index is 0.141. The summed E-state index contributed by atoms with van der Waals surface area (Å²) in [6.07, 6.45) is 1.99. The third-order valence-electron chi connectivity index (χ3n) is 3.38. The molecule has 0 aromatic heterocycles. The zero-order chi connectivity index (χ0) is 15.9. The van der Waals surface area contributed by atoms with Crippen molar-refractivity contribution in [1.82, 2.24) is 5.32 Å². The van der Waals surface area contributed by atoms with Crippen LogP contribution < -0.4 is 14.8 Å². The molecule has 1 aromatic rings. The summed E-state index contributed by atoms with van der Waals surface area (Å²) in [5.74, 6) is 1.70. The highest BCUT2D eigenvalue weighted by molar-refractivity contribution is 5.44. The largest absolute Gasteiger partial charge is 0.490 e. The SMILES string of the molecule is CCCOc1ccc(C(NC)C(C)(C)C)cc1OCCC. The van der Waals surface area contributed by atoms with E-state index in [-0.39, 0.29) is 11.5 Å². The molecule has 0 radical (unpaired) electrons. The molecule has 0 aliphatic heterocycles. The van der Waals surface area contributed by atoms with Crippen molar-refractivity contribution in [1.29, 1.82) is 0 Å². The van der Waals surface area contributed by atoms with Crippen LogP contribution in [0.1, 0.15) is 59.1 Å². The highest BCUT2D eigenvalue weighted by atomic mass is 16.5. The van der Waals surface area contributed by atoms with E-state index in [1.54, 1.807) is 0 Å². The van der Waals surface area contributed by atoms with E-state index in [0.29, 0.717) is 6.61 Å². The topological polar surface area (TPSA) is 30.5 Å². The third-order valence-corrected chi connectivity index (χ3v) is 3.38. The van der Waals surface area contributed by atoms with Gasteiger partial charge >= 0.3 is 0 Å². The fraction of sp³-hybridized carbons (Fsp3) is 0.667. The Morgan fingerprint density at radius 1 is 1.00 bits per heavy atom. The maximum atomic E-state index is 5.88. The van der Waals surface area contributed by atoms with Crippen molar-refractivity contribution in [3.63, 3.8) is 0 Å². The fourth-order valence-corrected chi connectivity index (χ4v) is 2.46. The predicted molar refractivity (Wildman–Crippen MR) is 89.3 cm³/mol. The molecule has 3 nitrogen and oxygen atoms in total. The molecule has 1 rings (SSSR count). The molecular formula is C18H31NO2. The first-order chi connectivity index (χ1) is 9.93. The Morgan fingerprint density at radius 2 is 1.57 bits per heavy atom. The molecule has 1 aromatic carbocycles. The molecule has 0 aliphatic rings. The van der Waals surface area contributed by atoms with Gasteiger partial charge in [-0.1, -0.05) is 40.7 Å². The van der Waals surface area contributed by atoms with Crippen LogP contribution in [-0.2, 0) is 0 Å². The lowest BCUT2D eigenvalue weighted by Crippen LogP contribution is -2.29. The Kier molecular flexibility index (Phi) is 7.03. The third kappa shape index (κ3) is 5.24. The number of nitrogens with one attached hydrogen (secondary N) is 1. The second-order valence-electron chi connectivity index (χ2n) is 6.49. The first-order valence-corrected chi connectivity index (χ1v) is 8.00. The summed E-state index contributed by atoms with van der Waals surface area (Å²) in [7, 11) is 2.00. The van der Waals surface area contributed by atoms with Crippen LogP contribution >= 0.6 is 0 Å². The van der Waals surface area contributed by atoms with E-state index in [1.165, 1.54) is 5.56 Å². The maximum Gasteiger partial charge on any atom is 0.161 e. The molecule has 0 fully saturated rings. The lowest BCUT2D eigenvalue weighted by Gasteiger charge is -2.31. The van der Waals surface area contributed by atoms with Gasteiger partial charge in [0.15, 0.2) is 11.5 Å². The summed E-state index contributed by atoms with van der Waals surface area (Å²) in [6.45, 7) is 12.4. The molecule has 0 amide bonds. The van der Waals surface area contributed by atoms with Crippen LogP contribution in [0.25, 0.3) is 0 Å².